The summed E-state index contributed by atoms with van der Waals surface area (Å²) in [6, 6.07) is 0.904. The van der Waals surface area contributed by atoms with E-state index in [1.807, 2.05) is 13.8 Å². The number of nitrogens with zero attached hydrogens (tertiary/aromatic N) is 1. The van der Waals surface area contributed by atoms with Crippen molar-refractivity contribution in [1.82, 2.24) is 10.2 Å². The molecule has 1 saturated carbocycles. The van der Waals surface area contributed by atoms with Gasteiger partial charge in [-0.1, -0.05) is 26.8 Å². The molecule has 9 N–H and O–H groups in total. The number of anilines is 1. The molecule has 0 saturated heterocycles. The van der Waals surface area contributed by atoms with E-state index in [1.54, 1.807) is 6.92 Å². The molecule has 3 aliphatic rings. The Kier molecular flexibility index (Phi) is 7.67. The molecule has 0 radical (unpaired) electrons. The molecule has 3 unspecified atom stereocenters. The van der Waals surface area contributed by atoms with Gasteiger partial charge in [0, 0.05) is 18.0 Å². The summed E-state index contributed by atoms with van der Waals surface area (Å²) in [6.45, 7) is 6.01. The molecule has 0 heterocycles. The molecule has 13 nitrogen and oxygen atoms in total. The maximum absolute atomic E-state index is 14.0. The van der Waals surface area contributed by atoms with Crippen molar-refractivity contribution in [2.75, 3.05) is 26.0 Å². The molecule has 1 aromatic rings. The fourth-order valence-corrected chi connectivity index (χ4v) is 6.36. The molecule has 1 aromatic carbocycles. The van der Waals surface area contributed by atoms with Gasteiger partial charge in [-0.25, -0.2) is 4.79 Å². The number of aliphatic hydroxyl groups is 4. The fraction of sp³-hybridized carbons (Fsp3) is 0.500. The lowest BCUT2D eigenvalue weighted by Crippen LogP contribution is -2.70. The SMILES string of the molecule is CC(C)CCNC(=O)Nc1ccc2c(c1O)C(O)=C1C(=O)[C@]3(O)C(O)=C(C(N)=O)C(=O)[C@@H](N(C)C)C3C(O)C1[C@H]2C. The lowest BCUT2D eigenvalue weighted by Gasteiger charge is -2.53. The standard InChI is InChI=1S/C28H36N4O9/c1-10(2)8-9-30-27(40)31-13-7-6-12-11(3)14-16(21(34)15(12)20(13)33)24(37)28(41)18(22(14)35)19(32(4)5)23(36)17(25(28)38)26(29)39/h6-7,10-11,14,18-19,22,33-35,38,41H,8-9H2,1-5H3,(H2,29,39)(H2,30,31,40)/t11-,14?,18?,19-,22?,28-/m0/s1. The number of aromatic hydroxyl groups is 1. The van der Waals surface area contributed by atoms with Gasteiger partial charge in [0.1, 0.15) is 22.8 Å². The van der Waals surface area contributed by atoms with Gasteiger partial charge in [0.15, 0.2) is 11.4 Å². The first-order valence-electron chi connectivity index (χ1n) is 13.3. The topological polar surface area (TPSA) is 223 Å². The summed E-state index contributed by atoms with van der Waals surface area (Å²) in [5.41, 5.74) is 0.891. The first-order chi connectivity index (χ1) is 19.1. The van der Waals surface area contributed by atoms with Crippen molar-refractivity contribution in [2.45, 2.75) is 50.9 Å². The number of benzene rings is 1. The second-order valence-electron chi connectivity index (χ2n) is 11.5. The molecule has 0 aliphatic heterocycles. The smallest absolute Gasteiger partial charge is 0.319 e. The van der Waals surface area contributed by atoms with Crippen molar-refractivity contribution in [1.29, 1.82) is 0 Å². The Morgan fingerprint density at radius 3 is 2.34 bits per heavy atom. The average Bonchev–Trinajstić information content (AvgIpc) is 2.87. The Bertz CT molecular complexity index is 1400. The molecular formula is C28H36N4O9. The van der Waals surface area contributed by atoms with Gasteiger partial charge in [0.25, 0.3) is 5.91 Å². The molecule has 0 aromatic heterocycles. The van der Waals surface area contributed by atoms with E-state index in [9.17, 15) is 44.7 Å². The number of amides is 3. The third-order valence-electron chi connectivity index (χ3n) is 8.38. The lowest BCUT2D eigenvalue weighted by atomic mass is 9.54. The van der Waals surface area contributed by atoms with Crippen molar-refractivity contribution in [3.63, 3.8) is 0 Å². The maximum Gasteiger partial charge on any atom is 0.319 e. The third-order valence-corrected chi connectivity index (χ3v) is 8.38. The largest absolute Gasteiger partial charge is 0.508 e. The molecule has 0 bridgehead atoms. The Morgan fingerprint density at radius 1 is 1.15 bits per heavy atom. The molecule has 13 heteroatoms. The summed E-state index contributed by atoms with van der Waals surface area (Å²) in [6.07, 6.45) is -0.958. The molecular weight excluding hydrogens is 536 g/mol. The molecule has 222 valence electrons. The number of phenols is 1. The number of carbonyl (C=O) groups excluding carboxylic acids is 4. The Morgan fingerprint density at radius 2 is 1.78 bits per heavy atom. The number of ketones is 2. The van der Waals surface area contributed by atoms with Gasteiger partial charge in [0.2, 0.25) is 5.78 Å². The summed E-state index contributed by atoms with van der Waals surface area (Å²) in [4.78, 5) is 53.0. The van der Waals surface area contributed by atoms with E-state index in [4.69, 9.17) is 5.73 Å². The first-order valence-corrected chi connectivity index (χ1v) is 13.3. The summed E-state index contributed by atoms with van der Waals surface area (Å²) in [5.74, 6) is -9.45. The summed E-state index contributed by atoms with van der Waals surface area (Å²) < 4.78 is 0. The van der Waals surface area contributed by atoms with Gasteiger partial charge < -0.3 is 41.9 Å². The van der Waals surface area contributed by atoms with Crippen LogP contribution in [0.2, 0.25) is 0 Å². The van der Waals surface area contributed by atoms with Crippen molar-refractivity contribution in [2.24, 2.45) is 23.5 Å². The van der Waals surface area contributed by atoms with E-state index in [1.165, 1.54) is 31.1 Å². The van der Waals surface area contributed by atoms with Gasteiger partial charge >= 0.3 is 6.03 Å². The van der Waals surface area contributed by atoms with Crippen LogP contribution in [0.25, 0.3) is 5.76 Å². The number of urea groups is 1. The van der Waals surface area contributed by atoms with Crippen LogP contribution in [0, 0.1) is 17.8 Å². The van der Waals surface area contributed by atoms with Crippen LogP contribution in [0.15, 0.2) is 29.0 Å². The number of nitrogens with two attached hydrogens (primary N) is 1. The van der Waals surface area contributed by atoms with Crippen LogP contribution < -0.4 is 16.4 Å². The van der Waals surface area contributed by atoms with Crippen molar-refractivity contribution < 1.29 is 44.7 Å². The second kappa shape index (κ2) is 10.5. The quantitative estimate of drug-likeness (QED) is 0.176. The van der Waals surface area contributed by atoms with Crippen molar-refractivity contribution in [3.05, 3.63) is 40.2 Å². The van der Waals surface area contributed by atoms with Crippen LogP contribution in [0.5, 0.6) is 5.75 Å². The Balaban J connectivity index is 1.86. The zero-order chi connectivity index (χ0) is 30.7. The minimum atomic E-state index is -2.99. The van der Waals surface area contributed by atoms with Crippen LogP contribution in [-0.2, 0) is 14.4 Å². The van der Waals surface area contributed by atoms with E-state index in [0.717, 1.165) is 6.42 Å². The minimum absolute atomic E-state index is 0.0707. The summed E-state index contributed by atoms with van der Waals surface area (Å²) in [7, 11) is 2.88. The van der Waals surface area contributed by atoms with Crippen LogP contribution >= 0.6 is 0 Å². The van der Waals surface area contributed by atoms with Crippen molar-refractivity contribution in [3.8, 4) is 5.75 Å². The molecule has 0 spiro atoms. The normalized spacial score (nSPS) is 29.3. The first kappa shape index (κ1) is 30.0. The third kappa shape index (κ3) is 4.44. The fourth-order valence-electron chi connectivity index (χ4n) is 6.36. The number of hydrogen-bond donors (Lipinski definition) is 8. The number of Topliss-reactive ketones (excluding diaryl/α,β-unsaturated/α-hetero) is 2. The molecule has 41 heavy (non-hydrogen) atoms. The van der Waals surface area contributed by atoms with Gasteiger partial charge in [-0.2, -0.15) is 0 Å². The molecule has 1 fully saturated rings. The highest BCUT2D eigenvalue weighted by atomic mass is 16.4. The van der Waals surface area contributed by atoms with Crippen LogP contribution in [-0.4, -0.2) is 92.3 Å². The Labute approximate surface area is 236 Å². The van der Waals surface area contributed by atoms with Gasteiger partial charge in [-0.3, -0.25) is 19.3 Å². The number of rotatable bonds is 6. The second-order valence-corrected chi connectivity index (χ2v) is 11.5. The van der Waals surface area contributed by atoms with Crippen LogP contribution in [0.1, 0.15) is 44.2 Å². The van der Waals surface area contributed by atoms with Gasteiger partial charge in [0.05, 0.1) is 29.3 Å². The Hall–Kier alpha value is -3.94. The van der Waals surface area contributed by atoms with Crippen LogP contribution in [0.4, 0.5) is 10.5 Å². The molecule has 3 amide bonds. The highest BCUT2D eigenvalue weighted by Crippen LogP contribution is 2.56. The number of phenolic OH excluding ortho intramolecular Hbond substituents is 1. The van der Waals surface area contributed by atoms with Gasteiger partial charge in [-0.05, 0) is 44.0 Å². The number of fused-ring (bicyclic) bond motifs is 3. The zero-order valence-corrected chi connectivity index (χ0v) is 23.4. The maximum atomic E-state index is 14.0. The zero-order valence-electron chi connectivity index (χ0n) is 23.4. The number of carbonyl (C=O) groups is 4. The summed E-state index contributed by atoms with van der Waals surface area (Å²) >= 11 is 0. The molecule has 3 aliphatic carbocycles. The number of likely N-dealkylation sites (N-methyl/N-ethyl adjacent to an activating group) is 1. The van der Waals surface area contributed by atoms with Crippen molar-refractivity contribution >= 4 is 35.0 Å². The van der Waals surface area contributed by atoms with E-state index in [0.29, 0.717) is 18.0 Å². The number of aliphatic hydroxyl groups excluding tert-OH is 3. The van der Waals surface area contributed by atoms with Gasteiger partial charge in [-0.15, -0.1) is 0 Å². The van der Waals surface area contributed by atoms with E-state index < -0.39 is 87.4 Å². The highest BCUT2D eigenvalue weighted by molar-refractivity contribution is 6.24. The number of nitrogens with one attached hydrogen (secondary N) is 2. The lowest BCUT2D eigenvalue weighted by molar-refractivity contribution is -0.169. The monoisotopic (exact) mass is 572 g/mol. The highest BCUT2D eigenvalue weighted by Gasteiger charge is 2.68. The summed E-state index contributed by atoms with van der Waals surface area (Å²) in [5, 5.41) is 61.9. The predicted octanol–water partition coefficient (Wildman–Crippen LogP) is 0.663. The van der Waals surface area contributed by atoms with Crippen LogP contribution in [0.3, 0.4) is 0 Å². The molecule has 4 rings (SSSR count). The number of hydrogen-bond acceptors (Lipinski definition) is 10. The van der Waals surface area contributed by atoms with E-state index >= 15 is 0 Å². The minimum Gasteiger partial charge on any atom is -0.508 e. The number of primary amides is 1. The van der Waals surface area contributed by atoms with E-state index in [2.05, 4.69) is 10.6 Å². The average molecular weight is 573 g/mol. The predicted molar refractivity (Wildman–Crippen MR) is 147 cm³/mol. The molecule has 6 atom stereocenters. The van der Waals surface area contributed by atoms with E-state index in [-0.39, 0.29) is 11.3 Å².